The Bertz CT molecular complexity index is 215. The summed E-state index contributed by atoms with van der Waals surface area (Å²) in [5.41, 5.74) is 0. The Morgan fingerprint density at radius 1 is 1.58 bits per heavy atom. The Morgan fingerprint density at radius 3 is 2.92 bits per heavy atom. The number of hydrogen-bond donors (Lipinski definition) is 0. The first-order valence-electron chi connectivity index (χ1n) is 3.97. The molecule has 66 valence electrons. The quantitative estimate of drug-likeness (QED) is 0.667. The summed E-state index contributed by atoms with van der Waals surface area (Å²) in [6.07, 6.45) is 1.66. The van der Waals surface area contributed by atoms with Crippen LogP contribution < -0.4 is 4.90 Å². The molecule has 1 heterocycles. The van der Waals surface area contributed by atoms with E-state index in [0.29, 0.717) is 5.88 Å². The molecular formula is C8H12ClN3. The van der Waals surface area contributed by atoms with E-state index in [0.717, 1.165) is 18.9 Å². The van der Waals surface area contributed by atoms with Crippen LogP contribution in [0.4, 0.5) is 5.82 Å². The molecule has 0 fully saturated rings. The van der Waals surface area contributed by atoms with E-state index < -0.39 is 0 Å². The fourth-order valence-corrected chi connectivity index (χ4v) is 1.20. The summed E-state index contributed by atoms with van der Waals surface area (Å²) in [7, 11) is 0. The lowest BCUT2D eigenvalue weighted by atomic mass is 10.4. The minimum Gasteiger partial charge on any atom is -0.354 e. The van der Waals surface area contributed by atoms with Crippen molar-refractivity contribution in [2.24, 2.45) is 0 Å². The number of nitrogens with zero attached hydrogens (tertiary/aromatic N) is 3. The third-order valence-electron chi connectivity index (χ3n) is 1.62. The van der Waals surface area contributed by atoms with E-state index >= 15 is 0 Å². The monoisotopic (exact) mass is 185 g/mol. The number of rotatable bonds is 4. The number of halogens is 1. The minimum atomic E-state index is 0.615. The van der Waals surface area contributed by atoms with Crippen LogP contribution in [0.15, 0.2) is 18.3 Å². The molecule has 0 unspecified atom stereocenters. The van der Waals surface area contributed by atoms with Crippen molar-refractivity contribution in [2.75, 3.05) is 23.9 Å². The zero-order valence-electron chi connectivity index (χ0n) is 7.07. The van der Waals surface area contributed by atoms with Crippen molar-refractivity contribution >= 4 is 17.4 Å². The molecule has 3 nitrogen and oxygen atoms in total. The maximum Gasteiger partial charge on any atom is 0.151 e. The van der Waals surface area contributed by atoms with E-state index in [2.05, 4.69) is 22.0 Å². The molecule has 0 aliphatic rings. The topological polar surface area (TPSA) is 29.0 Å². The Labute approximate surface area is 77.4 Å². The standard InChI is InChI=1S/C8H12ClN3/c1-2-12(7-5-9)8-4-3-6-10-11-8/h3-4,6H,2,5,7H2,1H3. The van der Waals surface area contributed by atoms with Crippen molar-refractivity contribution in [3.05, 3.63) is 18.3 Å². The summed E-state index contributed by atoms with van der Waals surface area (Å²) in [5, 5.41) is 7.79. The highest BCUT2D eigenvalue weighted by Crippen LogP contribution is 2.06. The third kappa shape index (κ3) is 2.34. The Balaban J connectivity index is 2.66. The van der Waals surface area contributed by atoms with E-state index in [9.17, 15) is 0 Å². The number of anilines is 1. The van der Waals surface area contributed by atoms with Crippen molar-refractivity contribution in [3.63, 3.8) is 0 Å². The van der Waals surface area contributed by atoms with Gasteiger partial charge in [-0.3, -0.25) is 0 Å². The third-order valence-corrected chi connectivity index (χ3v) is 1.79. The van der Waals surface area contributed by atoms with Gasteiger partial charge in [0.2, 0.25) is 0 Å². The van der Waals surface area contributed by atoms with Crippen LogP contribution in [0.3, 0.4) is 0 Å². The zero-order valence-corrected chi connectivity index (χ0v) is 7.83. The van der Waals surface area contributed by atoms with Crippen LogP contribution >= 0.6 is 11.6 Å². The van der Waals surface area contributed by atoms with E-state index in [1.165, 1.54) is 0 Å². The Kier molecular flexibility index (Phi) is 3.80. The van der Waals surface area contributed by atoms with Gasteiger partial charge in [0, 0.05) is 25.2 Å². The molecule has 1 aromatic rings. The first-order valence-corrected chi connectivity index (χ1v) is 4.50. The molecule has 0 saturated heterocycles. The molecule has 0 aliphatic heterocycles. The van der Waals surface area contributed by atoms with Gasteiger partial charge in [-0.2, -0.15) is 5.10 Å². The molecule has 0 aromatic carbocycles. The highest BCUT2D eigenvalue weighted by atomic mass is 35.5. The maximum atomic E-state index is 5.64. The average Bonchev–Trinajstić information content (AvgIpc) is 2.15. The van der Waals surface area contributed by atoms with Crippen LogP contribution in [0.1, 0.15) is 6.92 Å². The molecule has 1 rings (SSSR count). The molecule has 0 atom stereocenters. The zero-order chi connectivity index (χ0) is 8.81. The summed E-state index contributed by atoms with van der Waals surface area (Å²) in [5.74, 6) is 1.50. The maximum absolute atomic E-state index is 5.64. The lowest BCUT2D eigenvalue weighted by Crippen LogP contribution is -2.25. The molecule has 0 amide bonds. The number of aromatic nitrogens is 2. The Hall–Kier alpha value is -0.830. The highest BCUT2D eigenvalue weighted by Gasteiger charge is 2.02. The predicted molar refractivity (Wildman–Crippen MR) is 50.6 cm³/mol. The molecule has 4 heteroatoms. The van der Waals surface area contributed by atoms with E-state index in [1.54, 1.807) is 6.20 Å². The van der Waals surface area contributed by atoms with Gasteiger partial charge in [-0.25, -0.2) is 0 Å². The first kappa shape index (κ1) is 9.26. The molecule has 12 heavy (non-hydrogen) atoms. The molecule has 0 bridgehead atoms. The van der Waals surface area contributed by atoms with E-state index in [1.807, 2.05) is 12.1 Å². The first-order chi connectivity index (χ1) is 5.88. The summed E-state index contributed by atoms with van der Waals surface area (Å²) >= 11 is 5.64. The smallest absolute Gasteiger partial charge is 0.151 e. The largest absolute Gasteiger partial charge is 0.354 e. The van der Waals surface area contributed by atoms with Gasteiger partial charge in [0.05, 0.1) is 0 Å². The SMILES string of the molecule is CCN(CCCl)c1cccnn1. The molecular weight excluding hydrogens is 174 g/mol. The van der Waals surface area contributed by atoms with Crippen LogP contribution in [-0.2, 0) is 0 Å². The van der Waals surface area contributed by atoms with Crippen LogP contribution in [0.2, 0.25) is 0 Å². The second kappa shape index (κ2) is 4.93. The van der Waals surface area contributed by atoms with E-state index in [4.69, 9.17) is 11.6 Å². The molecule has 0 N–H and O–H groups in total. The molecule has 0 aliphatic carbocycles. The average molecular weight is 186 g/mol. The highest BCUT2D eigenvalue weighted by molar-refractivity contribution is 6.18. The van der Waals surface area contributed by atoms with Gasteiger partial charge >= 0.3 is 0 Å². The number of hydrogen-bond acceptors (Lipinski definition) is 3. The fourth-order valence-electron chi connectivity index (χ4n) is 0.999. The summed E-state index contributed by atoms with van der Waals surface area (Å²) in [6.45, 7) is 3.80. The van der Waals surface area contributed by atoms with Gasteiger partial charge in [-0.15, -0.1) is 16.7 Å². The lowest BCUT2D eigenvalue weighted by Gasteiger charge is -2.19. The van der Waals surface area contributed by atoms with Crippen molar-refractivity contribution in [1.82, 2.24) is 10.2 Å². The van der Waals surface area contributed by atoms with Crippen LogP contribution in [0.25, 0.3) is 0 Å². The normalized spacial score (nSPS) is 9.83. The summed E-state index contributed by atoms with van der Waals surface area (Å²) in [4.78, 5) is 2.08. The summed E-state index contributed by atoms with van der Waals surface area (Å²) in [6, 6.07) is 3.81. The van der Waals surface area contributed by atoms with Crippen LogP contribution in [-0.4, -0.2) is 29.2 Å². The molecule has 0 radical (unpaired) electrons. The van der Waals surface area contributed by atoms with Crippen molar-refractivity contribution in [2.45, 2.75) is 6.92 Å². The van der Waals surface area contributed by atoms with Gasteiger partial charge in [0.1, 0.15) is 0 Å². The summed E-state index contributed by atoms with van der Waals surface area (Å²) < 4.78 is 0. The molecule has 0 spiro atoms. The number of alkyl halides is 1. The van der Waals surface area contributed by atoms with Gasteiger partial charge in [0.25, 0.3) is 0 Å². The fraction of sp³-hybridized carbons (Fsp3) is 0.500. The van der Waals surface area contributed by atoms with Crippen molar-refractivity contribution in [1.29, 1.82) is 0 Å². The van der Waals surface area contributed by atoms with Gasteiger partial charge in [0.15, 0.2) is 5.82 Å². The second-order valence-corrected chi connectivity index (χ2v) is 2.73. The predicted octanol–water partition coefficient (Wildman–Crippen LogP) is 1.54. The molecule has 1 aromatic heterocycles. The van der Waals surface area contributed by atoms with Crippen LogP contribution in [0, 0.1) is 0 Å². The van der Waals surface area contributed by atoms with Crippen molar-refractivity contribution in [3.8, 4) is 0 Å². The molecule has 0 saturated carbocycles. The Morgan fingerprint density at radius 2 is 2.42 bits per heavy atom. The minimum absolute atomic E-state index is 0.615. The second-order valence-electron chi connectivity index (χ2n) is 2.35. The van der Waals surface area contributed by atoms with Gasteiger partial charge in [-0.05, 0) is 19.1 Å². The van der Waals surface area contributed by atoms with Gasteiger partial charge < -0.3 is 4.90 Å². The van der Waals surface area contributed by atoms with Crippen LogP contribution in [0.5, 0.6) is 0 Å². The van der Waals surface area contributed by atoms with E-state index in [-0.39, 0.29) is 0 Å². The van der Waals surface area contributed by atoms with Crippen molar-refractivity contribution < 1.29 is 0 Å². The van der Waals surface area contributed by atoms with Gasteiger partial charge in [-0.1, -0.05) is 0 Å². The lowest BCUT2D eigenvalue weighted by molar-refractivity contribution is 0.827.